The molecule has 0 saturated heterocycles. The van der Waals surface area contributed by atoms with Crippen LogP contribution in [-0.2, 0) is 34.8 Å². The Balaban J connectivity index is -0.000000411. The van der Waals surface area contributed by atoms with Crippen LogP contribution in [0.2, 0.25) is 0 Å². The third kappa shape index (κ3) is 24.0. The van der Waals surface area contributed by atoms with Gasteiger partial charge in [0, 0.05) is 48.9 Å². The van der Waals surface area contributed by atoms with Crippen LogP contribution in [0.3, 0.4) is 0 Å². The van der Waals surface area contributed by atoms with Gasteiger partial charge in [-0.1, -0.05) is 0 Å². The number of nitriles is 1. The van der Waals surface area contributed by atoms with E-state index in [0.29, 0.717) is 24.0 Å². The molecule has 2 aromatic rings. The number of amides is 5. The van der Waals surface area contributed by atoms with E-state index in [2.05, 4.69) is 33.1 Å². The first kappa shape index (κ1) is 60.9. The van der Waals surface area contributed by atoms with Gasteiger partial charge in [0.05, 0.1) is 6.07 Å². The quantitative estimate of drug-likeness (QED) is 0.0443. The number of benzene rings is 2. The van der Waals surface area contributed by atoms with Crippen LogP contribution in [0.15, 0.2) is 36.4 Å². The van der Waals surface area contributed by atoms with Crippen molar-refractivity contribution in [2.45, 2.75) is 89.3 Å². The number of hydrogen-bond acceptors (Lipinski definition) is 12. The number of hydrogen-bond donors (Lipinski definition) is 7. The summed E-state index contributed by atoms with van der Waals surface area (Å²) in [6.45, 7) is 10.6. The summed E-state index contributed by atoms with van der Waals surface area (Å²) in [5, 5.41) is 34.6. The largest absolute Gasteiger partial charge is 1.00 e. The van der Waals surface area contributed by atoms with Crippen molar-refractivity contribution in [3.05, 3.63) is 70.8 Å². The van der Waals surface area contributed by atoms with E-state index in [1.807, 2.05) is 0 Å². The molecule has 17 nitrogen and oxygen atoms in total. The molecule has 0 aromatic heterocycles. The van der Waals surface area contributed by atoms with Crippen molar-refractivity contribution in [1.82, 2.24) is 10.6 Å². The zero-order valence-corrected chi connectivity index (χ0v) is 40.4. The number of nitrogens with zero attached hydrogens (tertiary/aromatic N) is 1. The fraction of sp³-hybridized carbons (Fsp3) is 0.500. The van der Waals surface area contributed by atoms with Crippen LogP contribution in [0.5, 0.6) is 0 Å². The minimum atomic E-state index is -0.833. The van der Waals surface area contributed by atoms with Crippen molar-refractivity contribution in [1.29, 1.82) is 5.26 Å². The summed E-state index contributed by atoms with van der Waals surface area (Å²) in [5.74, 6) is -3.44. The second kappa shape index (κ2) is 28.2. The third-order valence-corrected chi connectivity index (χ3v) is 8.06. The Hall–Kier alpha value is -2.45. The van der Waals surface area contributed by atoms with Crippen molar-refractivity contribution in [2.24, 2.45) is 29.0 Å². The number of ether oxygens (including phenoxy) is 2. The molecule has 2 aliphatic carbocycles. The Kier molecular flexibility index (Phi) is 29.1. The molecule has 0 aliphatic heterocycles. The fourth-order valence-corrected chi connectivity index (χ4v) is 5.76. The standard InChI is InChI=1S/C17H22F2N2O3.C17H20F2N2O2.CH4N2O.CH2O3.2K.H2O2.H/c1-16(2,3)24-15(23)21-9-17(8-11(17)6-14(20)22)10-4-12(18)7-13(19)5-10;1-16(2,3)23-15(22)21-10-17(9-11(17)4-5-20)12-6-13(18)8-14(19)7-12;2-1(3)4;2-1-4-3;;;1-2;/h4-5,7,11H,6,8-9H2,1-3H3,(H2,20,22)(H,21,23);6-8,11H,4,9-10H2,1-3H3,(H,21,22);(H4,2,3,4);1,3H;;;1-2H;/q;;;;2*+1;;-1/p-1/t11-,17-;11-,17+;;;;;;/m11....../s1. The first-order valence-corrected chi connectivity index (χ1v) is 16.8. The molecule has 59 heavy (non-hydrogen) atoms. The van der Waals surface area contributed by atoms with Crippen LogP contribution < -0.4 is 136 Å². The van der Waals surface area contributed by atoms with Gasteiger partial charge in [0.15, 0.2) is 0 Å². The molecule has 4 rings (SSSR count). The average molecular weight is 897 g/mol. The molecule has 0 radical (unpaired) electrons. The van der Waals surface area contributed by atoms with E-state index in [1.165, 1.54) is 24.3 Å². The number of carbonyl (C=O) groups excluding carboxylic acids is 5. The van der Waals surface area contributed by atoms with E-state index in [0.717, 1.165) is 12.1 Å². The number of nitrogens with two attached hydrogens (primary N) is 3. The molecule has 2 fully saturated rings. The Morgan fingerprint density at radius 3 is 1.37 bits per heavy atom. The van der Waals surface area contributed by atoms with Crippen LogP contribution in [0.4, 0.5) is 31.9 Å². The Morgan fingerprint density at radius 1 is 0.797 bits per heavy atom. The normalized spacial score (nSPS) is 19.1. The summed E-state index contributed by atoms with van der Waals surface area (Å²) in [6, 6.07) is 7.80. The monoisotopic (exact) mass is 896 g/mol. The summed E-state index contributed by atoms with van der Waals surface area (Å²) < 4.78 is 64.5. The molecule has 0 bridgehead atoms. The van der Waals surface area contributed by atoms with Crippen molar-refractivity contribution >= 4 is 30.6 Å². The molecule has 4 atom stereocenters. The van der Waals surface area contributed by atoms with Crippen molar-refractivity contribution in [3.8, 4) is 6.07 Å². The molecule has 2 aromatic carbocycles. The number of halogens is 4. The molecule has 5 amide bonds. The minimum Gasteiger partial charge on any atom is -1.00 e. The maximum absolute atomic E-state index is 13.6. The summed E-state index contributed by atoms with van der Waals surface area (Å²) in [7, 11) is 0. The van der Waals surface area contributed by atoms with Crippen molar-refractivity contribution < 1.29 is 176 Å². The van der Waals surface area contributed by atoms with Gasteiger partial charge in [-0.05, 0) is 102 Å². The average Bonchev–Trinajstić information content (AvgIpc) is 3.96. The number of rotatable bonds is 10. The maximum Gasteiger partial charge on any atom is 1.00 e. The van der Waals surface area contributed by atoms with Crippen LogP contribution in [0.25, 0.3) is 0 Å². The minimum absolute atomic E-state index is 0. The van der Waals surface area contributed by atoms with Gasteiger partial charge < -0.3 is 48.9 Å². The first-order valence-electron chi connectivity index (χ1n) is 16.8. The van der Waals surface area contributed by atoms with E-state index in [4.69, 9.17) is 45.8 Å². The third-order valence-electron chi connectivity index (χ3n) is 8.06. The van der Waals surface area contributed by atoms with Crippen LogP contribution in [0.1, 0.15) is 79.8 Å². The van der Waals surface area contributed by atoms with Gasteiger partial charge in [0.2, 0.25) is 5.91 Å². The Morgan fingerprint density at radius 2 is 1.10 bits per heavy atom. The van der Waals surface area contributed by atoms with Gasteiger partial charge in [-0.2, -0.15) is 5.26 Å². The summed E-state index contributed by atoms with van der Waals surface area (Å²) >= 11 is 0. The molecular weight excluding hydrogens is 847 g/mol. The SMILES string of the molecule is CC(C)(C)OC(=O)NC[C@@]1(c2cc(F)cc(F)c2)C[C@H]1CC#N.CC(C)(C)OC(=O)NC[C@@]1(c2cc(F)cc(F)c2)C[C@H]1CC(N)=O.NC(N)=O.O=CO[O-].OO.[H-].[K+].[K+]. The second-order valence-electron chi connectivity index (χ2n) is 14.8. The van der Waals surface area contributed by atoms with Crippen LogP contribution in [-0.4, -0.2) is 65.4 Å². The van der Waals surface area contributed by atoms with Gasteiger partial charge >= 0.3 is 121 Å². The van der Waals surface area contributed by atoms with E-state index in [-0.39, 0.29) is 148 Å². The molecule has 10 N–H and O–H groups in total. The molecule has 23 heteroatoms. The topological polar surface area (TPSA) is 302 Å². The molecule has 0 heterocycles. The van der Waals surface area contributed by atoms with Gasteiger partial charge in [-0.25, -0.2) is 31.9 Å². The zero-order valence-electron chi connectivity index (χ0n) is 35.2. The second-order valence-corrected chi connectivity index (χ2v) is 14.8. The maximum atomic E-state index is 13.6. The molecule has 0 spiro atoms. The number of nitrogens with one attached hydrogen (secondary N) is 2. The molecule has 320 valence electrons. The number of alkyl carbamates (subject to hydrolysis) is 2. The zero-order chi connectivity index (χ0) is 44.4. The Labute approximate surface area is 425 Å². The Bertz CT molecular complexity index is 1690. The van der Waals surface area contributed by atoms with Crippen molar-refractivity contribution in [2.75, 3.05) is 13.1 Å². The van der Waals surface area contributed by atoms with Crippen molar-refractivity contribution in [3.63, 3.8) is 0 Å². The summed E-state index contributed by atoms with van der Waals surface area (Å²) in [4.78, 5) is 55.1. The van der Waals surface area contributed by atoms with Gasteiger partial charge in [0.1, 0.15) is 34.5 Å². The van der Waals surface area contributed by atoms with Crippen LogP contribution >= 0.6 is 0 Å². The number of urea groups is 1. The van der Waals surface area contributed by atoms with Gasteiger partial charge in [0.25, 0.3) is 6.47 Å². The van der Waals surface area contributed by atoms with E-state index < -0.39 is 69.4 Å². The van der Waals surface area contributed by atoms with Gasteiger partial charge in [-0.3, -0.25) is 20.1 Å². The molecule has 2 saturated carbocycles. The first-order chi connectivity index (χ1) is 26.3. The van der Waals surface area contributed by atoms with Gasteiger partial charge in [-0.15, -0.1) is 0 Å². The fourth-order valence-electron chi connectivity index (χ4n) is 5.76. The summed E-state index contributed by atoms with van der Waals surface area (Å²) in [5.41, 5.74) is 12.0. The molecule has 2 aliphatic rings. The van der Waals surface area contributed by atoms with E-state index >= 15 is 0 Å². The number of carbonyl (C=O) groups is 5. The smallest absolute Gasteiger partial charge is 1.00 e. The van der Waals surface area contributed by atoms with Crippen LogP contribution in [0, 0.1) is 46.4 Å². The van der Waals surface area contributed by atoms with E-state index in [9.17, 15) is 31.9 Å². The molecular formula is C36H50F4K2N6O11. The molecule has 0 unspecified atom stereocenters. The predicted octanol–water partition coefficient (Wildman–Crippen LogP) is -2.12. The number of primary amides is 3. The van der Waals surface area contributed by atoms with E-state index in [1.54, 1.807) is 41.5 Å². The summed E-state index contributed by atoms with van der Waals surface area (Å²) in [6.07, 6.45) is 0.260. The predicted molar refractivity (Wildman–Crippen MR) is 192 cm³/mol.